The van der Waals surface area contributed by atoms with Gasteiger partial charge >= 0.3 is 0 Å². The van der Waals surface area contributed by atoms with Crippen molar-refractivity contribution in [2.45, 2.75) is 13.8 Å². The second kappa shape index (κ2) is 7.40. The predicted molar refractivity (Wildman–Crippen MR) is 94.9 cm³/mol. The fourth-order valence-electron chi connectivity index (χ4n) is 2.32. The number of nitrogens with zero attached hydrogens (tertiary/aromatic N) is 2. The molecule has 0 saturated heterocycles. The van der Waals surface area contributed by atoms with Crippen molar-refractivity contribution in [1.82, 2.24) is 9.78 Å². The van der Waals surface area contributed by atoms with Gasteiger partial charge in [-0.1, -0.05) is 11.6 Å². The van der Waals surface area contributed by atoms with Crippen molar-refractivity contribution in [1.29, 1.82) is 0 Å². The molecule has 1 amide bonds. The van der Waals surface area contributed by atoms with E-state index in [1.807, 2.05) is 20.9 Å². The van der Waals surface area contributed by atoms with Crippen LogP contribution in [-0.4, -0.2) is 29.9 Å². The lowest BCUT2D eigenvalue weighted by atomic mass is 10.2. The molecule has 2 rings (SSSR count). The lowest BCUT2D eigenvalue weighted by molar-refractivity contribution is -0.111. The lowest BCUT2D eigenvalue weighted by Crippen LogP contribution is -2.09. The number of halogens is 1. The molecule has 1 aromatic carbocycles. The number of aryl methyl sites for hydroxylation is 2. The highest BCUT2D eigenvalue weighted by Gasteiger charge is 2.12. The third-order valence-corrected chi connectivity index (χ3v) is 3.99. The summed E-state index contributed by atoms with van der Waals surface area (Å²) in [6.07, 6.45) is 3.19. The Hall–Kier alpha value is -2.47. The molecular formula is C17H20ClN3O3. The van der Waals surface area contributed by atoms with Gasteiger partial charge < -0.3 is 14.8 Å². The summed E-state index contributed by atoms with van der Waals surface area (Å²) in [5.74, 6) is 0.646. The zero-order valence-electron chi connectivity index (χ0n) is 14.3. The van der Waals surface area contributed by atoms with E-state index in [0.717, 1.165) is 17.0 Å². The minimum atomic E-state index is -0.294. The van der Waals surface area contributed by atoms with Crippen molar-refractivity contribution in [2.75, 3.05) is 19.5 Å². The normalized spacial score (nSPS) is 10.9. The molecule has 1 aromatic heterocycles. The maximum Gasteiger partial charge on any atom is 0.248 e. The molecule has 0 bridgehead atoms. The number of ether oxygens (including phenoxy) is 2. The molecule has 0 aliphatic carbocycles. The highest BCUT2D eigenvalue weighted by atomic mass is 35.5. The van der Waals surface area contributed by atoms with E-state index in [9.17, 15) is 4.79 Å². The number of carbonyl (C=O) groups is 1. The summed E-state index contributed by atoms with van der Waals surface area (Å²) in [5.41, 5.74) is 3.25. The lowest BCUT2D eigenvalue weighted by Gasteiger charge is -2.12. The summed E-state index contributed by atoms with van der Waals surface area (Å²) in [4.78, 5) is 12.2. The average Bonchev–Trinajstić information content (AvgIpc) is 2.78. The number of carbonyl (C=O) groups excluding carboxylic acids is 1. The minimum Gasteiger partial charge on any atom is -0.495 e. The van der Waals surface area contributed by atoms with Gasteiger partial charge in [0.1, 0.15) is 11.5 Å². The molecule has 0 fully saturated rings. The molecule has 0 atom stereocenters. The maximum absolute atomic E-state index is 12.2. The Morgan fingerprint density at radius 1 is 1.25 bits per heavy atom. The highest BCUT2D eigenvalue weighted by molar-refractivity contribution is 6.32. The Morgan fingerprint density at radius 2 is 1.92 bits per heavy atom. The van der Waals surface area contributed by atoms with Gasteiger partial charge in [-0.25, -0.2) is 0 Å². The van der Waals surface area contributed by atoms with Crippen LogP contribution < -0.4 is 14.8 Å². The minimum absolute atomic E-state index is 0.294. The Bertz CT molecular complexity index is 797. The molecule has 128 valence electrons. The van der Waals surface area contributed by atoms with Crippen LogP contribution >= 0.6 is 11.6 Å². The Morgan fingerprint density at radius 3 is 2.46 bits per heavy atom. The fourth-order valence-corrected chi connectivity index (χ4v) is 2.56. The second-order valence-corrected chi connectivity index (χ2v) is 5.62. The molecule has 6 nitrogen and oxygen atoms in total. The molecule has 0 radical (unpaired) electrons. The van der Waals surface area contributed by atoms with Gasteiger partial charge in [-0.15, -0.1) is 0 Å². The first-order valence-corrected chi connectivity index (χ1v) is 7.66. The average molecular weight is 350 g/mol. The number of methoxy groups -OCH3 is 2. The second-order valence-electron chi connectivity index (χ2n) is 5.22. The number of hydrogen-bond donors (Lipinski definition) is 1. The summed E-state index contributed by atoms with van der Waals surface area (Å²) in [5, 5.41) is 7.45. The van der Waals surface area contributed by atoms with Crippen molar-refractivity contribution in [2.24, 2.45) is 7.05 Å². The van der Waals surface area contributed by atoms with Crippen molar-refractivity contribution in [3.05, 3.63) is 40.2 Å². The monoisotopic (exact) mass is 349 g/mol. The van der Waals surface area contributed by atoms with Crippen LogP contribution in [0.15, 0.2) is 18.2 Å². The Balaban J connectivity index is 2.21. The van der Waals surface area contributed by atoms with Crippen LogP contribution in [0.1, 0.15) is 17.0 Å². The van der Waals surface area contributed by atoms with Crippen molar-refractivity contribution in [3.8, 4) is 11.5 Å². The van der Waals surface area contributed by atoms with Crippen LogP contribution in [0.2, 0.25) is 5.02 Å². The summed E-state index contributed by atoms with van der Waals surface area (Å²) in [6, 6.07) is 3.21. The van der Waals surface area contributed by atoms with Gasteiger partial charge in [0.25, 0.3) is 0 Å². The number of hydrogen-bond acceptors (Lipinski definition) is 4. The molecule has 1 N–H and O–H groups in total. The number of rotatable bonds is 5. The van der Waals surface area contributed by atoms with E-state index >= 15 is 0 Å². The third kappa shape index (κ3) is 3.71. The van der Waals surface area contributed by atoms with E-state index in [4.69, 9.17) is 21.1 Å². The summed E-state index contributed by atoms with van der Waals surface area (Å²) in [7, 11) is 4.89. The molecule has 0 spiro atoms. The van der Waals surface area contributed by atoms with E-state index in [-0.39, 0.29) is 5.91 Å². The van der Waals surface area contributed by atoms with Gasteiger partial charge in [0.15, 0.2) is 0 Å². The molecule has 7 heteroatoms. The van der Waals surface area contributed by atoms with Crippen LogP contribution in [0.5, 0.6) is 11.5 Å². The number of aromatic nitrogens is 2. The first-order chi connectivity index (χ1) is 11.4. The van der Waals surface area contributed by atoms with Crippen molar-refractivity contribution >= 4 is 29.3 Å². The first kappa shape index (κ1) is 17.9. The van der Waals surface area contributed by atoms with Crippen molar-refractivity contribution in [3.63, 3.8) is 0 Å². The smallest absolute Gasteiger partial charge is 0.248 e. The summed E-state index contributed by atoms with van der Waals surface area (Å²) in [6.45, 7) is 3.85. The van der Waals surface area contributed by atoms with E-state index < -0.39 is 0 Å². The number of anilines is 1. The van der Waals surface area contributed by atoms with Gasteiger partial charge in [-0.2, -0.15) is 5.10 Å². The van der Waals surface area contributed by atoms with Crippen LogP contribution in [0.4, 0.5) is 5.69 Å². The van der Waals surface area contributed by atoms with E-state index in [0.29, 0.717) is 22.2 Å². The number of benzene rings is 1. The molecule has 0 unspecified atom stereocenters. The predicted octanol–water partition coefficient (Wildman–Crippen LogP) is 3.36. The van der Waals surface area contributed by atoms with E-state index in [1.54, 1.807) is 22.9 Å². The van der Waals surface area contributed by atoms with E-state index in [1.165, 1.54) is 20.3 Å². The van der Waals surface area contributed by atoms with Gasteiger partial charge in [0.05, 0.1) is 30.6 Å². The SMILES string of the molecule is COc1cc(OC)c(NC(=O)C=Cc2c(C)nn(C)c2C)cc1Cl. The third-order valence-electron chi connectivity index (χ3n) is 3.70. The molecular weight excluding hydrogens is 330 g/mol. The van der Waals surface area contributed by atoms with Crippen molar-refractivity contribution < 1.29 is 14.3 Å². The Labute approximate surface area is 146 Å². The van der Waals surface area contributed by atoms with Crippen LogP contribution in [-0.2, 0) is 11.8 Å². The van der Waals surface area contributed by atoms with Crippen LogP contribution in [0.3, 0.4) is 0 Å². The van der Waals surface area contributed by atoms with Gasteiger partial charge in [0.2, 0.25) is 5.91 Å². The quantitative estimate of drug-likeness (QED) is 0.840. The molecule has 2 aromatic rings. The highest BCUT2D eigenvalue weighted by Crippen LogP contribution is 2.35. The molecule has 0 aliphatic rings. The maximum atomic E-state index is 12.2. The first-order valence-electron chi connectivity index (χ1n) is 7.28. The number of amides is 1. The fraction of sp³-hybridized carbons (Fsp3) is 0.294. The van der Waals surface area contributed by atoms with Crippen LogP contribution in [0.25, 0.3) is 6.08 Å². The largest absolute Gasteiger partial charge is 0.495 e. The zero-order valence-corrected chi connectivity index (χ0v) is 15.1. The van der Waals surface area contributed by atoms with Gasteiger partial charge in [-0.3, -0.25) is 9.48 Å². The summed E-state index contributed by atoms with van der Waals surface area (Å²) < 4.78 is 12.2. The zero-order chi connectivity index (χ0) is 17.9. The number of nitrogens with one attached hydrogen (secondary N) is 1. The van der Waals surface area contributed by atoms with Crippen LogP contribution in [0, 0.1) is 13.8 Å². The van der Waals surface area contributed by atoms with Gasteiger partial charge in [0, 0.05) is 30.4 Å². The van der Waals surface area contributed by atoms with Gasteiger partial charge in [-0.05, 0) is 26.0 Å². The standard InChI is InChI=1S/C17H20ClN3O3/c1-10-12(11(2)21(3)20-10)6-7-17(22)19-14-8-13(18)15(23-4)9-16(14)24-5/h6-9H,1-5H3,(H,19,22). The van der Waals surface area contributed by atoms with E-state index in [2.05, 4.69) is 10.4 Å². The molecule has 0 aliphatic heterocycles. The molecule has 0 saturated carbocycles. The molecule has 24 heavy (non-hydrogen) atoms. The summed E-state index contributed by atoms with van der Waals surface area (Å²) >= 11 is 6.10. The molecule has 1 heterocycles. The Kier molecular flexibility index (Phi) is 5.51. The topological polar surface area (TPSA) is 65.4 Å².